The van der Waals surface area contributed by atoms with Crippen molar-refractivity contribution in [1.29, 1.82) is 0 Å². The average Bonchev–Trinajstić information content (AvgIpc) is 2.03. The van der Waals surface area contributed by atoms with Gasteiger partial charge in [0, 0.05) is 0 Å². The maximum absolute atomic E-state index is 12.4. The molecule has 11 heavy (non-hydrogen) atoms. The molecule has 1 saturated heterocycles. The zero-order valence-corrected chi connectivity index (χ0v) is 5.57. The largest absolute Gasteiger partial charge is 0.514 e. The highest BCUT2D eigenvalue weighted by molar-refractivity contribution is 5.63. The predicted octanol–water partition coefficient (Wildman–Crippen LogP) is 1.47. The summed E-state index contributed by atoms with van der Waals surface area (Å²) >= 11 is 0. The average molecular weight is 170 g/mol. The van der Waals surface area contributed by atoms with Crippen LogP contribution >= 0.6 is 0 Å². The van der Waals surface area contributed by atoms with Gasteiger partial charge in [-0.15, -0.1) is 0 Å². The molecule has 1 unspecified atom stereocenters. The number of rotatable bonds is 1. The van der Waals surface area contributed by atoms with E-state index in [1.807, 2.05) is 0 Å². The van der Waals surface area contributed by atoms with Crippen LogP contribution in [0.1, 0.15) is 6.92 Å². The van der Waals surface area contributed by atoms with Gasteiger partial charge in [0.1, 0.15) is 6.67 Å². The van der Waals surface area contributed by atoms with Crippen molar-refractivity contribution < 1.29 is 27.4 Å². The van der Waals surface area contributed by atoms with Gasteiger partial charge in [-0.2, -0.15) is 8.78 Å². The number of halogens is 3. The van der Waals surface area contributed by atoms with E-state index in [-0.39, 0.29) is 0 Å². The van der Waals surface area contributed by atoms with Crippen molar-refractivity contribution in [2.45, 2.75) is 18.6 Å². The van der Waals surface area contributed by atoms with Crippen LogP contribution in [-0.4, -0.2) is 24.5 Å². The summed E-state index contributed by atoms with van der Waals surface area (Å²) in [4.78, 5) is 10.1. The van der Waals surface area contributed by atoms with Crippen molar-refractivity contribution >= 4 is 6.16 Å². The molecule has 1 aliphatic rings. The molecule has 0 amide bonds. The maximum Gasteiger partial charge on any atom is 0.514 e. The third kappa shape index (κ3) is 1.02. The molecular weight excluding hydrogens is 165 g/mol. The van der Waals surface area contributed by atoms with Gasteiger partial charge in [0.15, 0.2) is 0 Å². The van der Waals surface area contributed by atoms with Gasteiger partial charge in [-0.1, -0.05) is 0 Å². The predicted molar refractivity (Wildman–Crippen MR) is 26.9 cm³/mol. The fourth-order valence-electron chi connectivity index (χ4n) is 0.582. The number of hydrogen-bond donors (Lipinski definition) is 0. The summed E-state index contributed by atoms with van der Waals surface area (Å²) in [7, 11) is 0. The first-order chi connectivity index (χ1) is 4.91. The zero-order valence-electron chi connectivity index (χ0n) is 5.57. The molecule has 1 aliphatic heterocycles. The number of alkyl halides is 3. The molecule has 0 radical (unpaired) electrons. The molecule has 1 heterocycles. The lowest BCUT2D eigenvalue weighted by atomic mass is 10.1. The molecule has 1 rings (SSSR count). The number of ether oxygens (including phenoxy) is 2. The highest BCUT2D eigenvalue weighted by atomic mass is 19.3. The summed E-state index contributed by atoms with van der Waals surface area (Å²) < 4.78 is 44.1. The van der Waals surface area contributed by atoms with Crippen molar-refractivity contribution in [3.63, 3.8) is 0 Å². The Morgan fingerprint density at radius 2 is 2.00 bits per heavy atom. The van der Waals surface area contributed by atoms with Crippen LogP contribution in [0.25, 0.3) is 0 Å². The van der Waals surface area contributed by atoms with Crippen molar-refractivity contribution in [1.82, 2.24) is 0 Å². The van der Waals surface area contributed by atoms with Crippen LogP contribution in [0.5, 0.6) is 0 Å². The van der Waals surface area contributed by atoms with E-state index in [9.17, 15) is 18.0 Å². The molecule has 6 heteroatoms. The molecule has 0 aromatic carbocycles. The Hall–Kier alpha value is -0.940. The topological polar surface area (TPSA) is 35.5 Å². The SMILES string of the molecule is CC1(CF)OC(=O)OC1(F)F. The van der Waals surface area contributed by atoms with Crippen molar-refractivity contribution in [2.24, 2.45) is 0 Å². The van der Waals surface area contributed by atoms with Gasteiger partial charge in [-0.05, 0) is 6.92 Å². The zero-order chi connectivity index (χ0) is 8.70. The molecule has 1 fully saturated rings. The van der Waals surface area contributed by atoms with Crippen LogP contribution < -0.4 is 0 Å². The Bertz CT molecular complexity index is 193. The minimum Gasteiger partial charge on any atom is -0.414 e. The maximum atomic E-state index is 12.4. The number of hydrogen-bond acceptors (Lipinski definition) is 3. The Morgan fingerprint density at radius 3 is 2.18 bits per heavy atom. The van der Waals surface area contributed by atoms with Crippen LogP contribution in [0.2, 0.25) is 0 Å². The van der Waals surface area contributed by atoms with Crippen LogP contribution in [0.3, 0.4) is 0 Å². The van der Waals surface area contributed by atoms with Gasteiger partial charge in [-0.3, -0.25) is 0 Å². The van der Waals surface area contributed by atoms with Gasteiger partial charge >= 0.3 is 12.3 Å². The minimum absolute atomic E-state index is 0.762. The Balaban J connectivity index is 2.89. The van der Waals surface area contributed by atoms with E-state index in [4.69, 9.17) is 0 Å². The first-order valence-electron chi connectivity index (χ1n) is 2.77. The Labute approximate surface area is 60.1 Å². The standard InChI is InChI=1S/C5H5F3O3/c1-4(2-6)5(7,8)11-3(9)10-4/h2H2,1H3. The normalized spacial score (nSPS) is 34.7. The molecule has 0 spiro atoms. The van der Waals surface area contributed by atoms with E-state index >= 15 is 0 Å². The second-order valence-corrected chi connectivity index (χ2v) is 2.34. The summed E-state index contributed by atoms with van der Waals surface area (Å²) in [5.41, 5.74) is -2.47. The summed E-state index contributed by atoms with van der Waals surface area (Å²) in [6.07, 6.45) is -5.42. The van der Waals surface area contributed by atoms with Crippen molar-refractivity contribution in [3.05, 3.63) is 0 Å². The number of carbonyl (C=O) groups excluding carboxylic acids is 1. The molecule has 64 valence electrons. The molecule has 0 saturated carbocycles. The van der Waals surface area contributed by atoms with Crippen LogP contribution in [0.15, 0.2) is 0 Å². The lowest BCUT2D eigenvalue weighted by Gasteiger charge is -2.20. The second kappa shape index (κ2) is 2.02. The monoisotopic (exact) mass is 170 g/mol. The minimum atomic E-state index is -3.88. The first kappa shape index (κ1) is 8.16. The van der Waals surface area contributed by atoms with Gasteiger partial charge < -0.3 is 9.47 Å². The number of carbonyl (C=O) groups is 1. The smallest absolute Gasteiger partial charge is 0.414 e. The summed E-state index contributed by atoms with van der Waals surface area (Å²) in [5, 5.41) is 0. The number of cyclic esters (lactones) is 2. The van der Waals surface area contributed by atoms with E-state index in [0.29, 0.717) is 0 Å². The third-order valence-corrected chi connectivity index (χ3v) is 1.39. The summed E-state index contributed by atoms with van der Waals surface area (Å²) in [6, 6.07) is 0. The Kier molecular flexibility index (Phi) is 1.50. The fraction of sp³-hybridized carbons (Fsp3) is 0.800. The van der Waals surface area contributed by atoms with E-state index in [1.165, 1.54) is 0 Å². The van der Waals surface area contributed by atoms with Gasteiger partial charge in [-0.25, -0.2) is 9.18 Å². The molecule has 0 aliphatic carbocycles. The third-order valence-electron chi connectivity index (χ3n) is 1.39. The van der Waals surface area contributed by atoms with E-state index in [2.05, 4.69) is 9.47 Å². The highest BCUT2D eigenvalue weighted by Crippen LogP contribution is 2.39. The van der Waals surface area contributed by atoms with Crippen LogP contribution in [0.4, 0.5) is 18.0 Å². The molecule has 0 aromatic rings. The Morgan fingerprint density at radius 1 is 1.45 bits per heavy atom. The van der Waals surface area contributed by atoms with Gasteiger partial charge in [0.25, 0.3) is 0 Å². The molecule has 0 aromatic heterocycles. The summed E-state index contributed by atoms with van der Waals surface area (Å²) in [6.45, 7) is -0.719. The highest BCUT2D eigenvalue weighted by Gasteiger charge is 2.63. The molecule has 1 atom stereocenters. The van der Waals surface area contributed by atoms with E-state index in [0.717, 1.165) is 6.92 Å². The van der Waals surface area contributed by atoms with Crippen LogP contribution in [-0.2, 0) is 9.47 Å². The lowest BCUT2D eigenvalue weighted by Crippen LogP contribution is -2.44. The molecule has 0 N–H and O–H groups in total. The van der Waals surface area contributed by atoms with Crippen molar-refractivity contribution in [2.75, 3.05) is 6.67 Å². The fourth-order valence-corrected chi connectivity index (χ4v) is 0.582. The molecule has 3 nitrogen and oxygen atoms in total. The molecule has 0 bridgehead atoms. The van der Waals surface area contributed by atoms with Gasteiger partial charge in [0.2, 0.25) is 5.60 Å². The molecular formula is C5H5F3O3. The van der Waals surface area contributed by atoms with E-state index in [1.54, 1.807) is 0 Å². The quantitative estimate of drug-likeness (QED) is 0.559. The van der Waals surface area contributed by atoms with Crippen LogP contribution in [0, 0.1) is 0 Å². The lowest BCUT2D eigenvalue weighted by molar-refractivity contribution is -0.238. The van der Waals surface area contributed by atoms with E-state index < -0.39 is 24.5 Å². The second-order valence-electron chi connectivity index (χ2n) is 2.34. The van der Waals surface area contributed by atoms with Crippen molar-refractivity contribution in [3.8, 4) is 0 Å². The first-order valence-corrected chi connectivity index (χ1v) is 2.77. The van der Waals surface area contributed by atoms with Gasteiger partial charge in [0.05, 0.1) is 0 Å². The summed E-state index contributed by atoms with van der Waals surface area (Å²) in [5.74, 6) is 0.